The third kappa shape index (κ3) is 1.49. The first kappa shape index (κ1) is 11.3. The van der Waals surface area contributed by atoms with Gasteiger partial charge in [0.05, 0.1) is 0 Å². The molecule has 0 aromatic heterocycles. The molecule has 7 heteroatoms. The van der Waals surface area contributed by atoms with Crippen LogP contribution in [0.15, 0.2) is 0 Å². The summed E-state index contributed by atoms with van der Waals surface area (Å²) in [6, 6.07) is 0. The molecule has 1 fully saturated rings. The van der Waals surface area contributed by atoms with Crippen molar-refractivity contribution >= 4 is 5.97 Å². The largest absolute Gasteiger partial charge is 0.479 e. The molecule has 0 aliphatic carbocycles. The molecular weight excluding hydrogens is 196 g/mol. The van der Waals surface area contributed by atoms with Gasteiger partial charge in [-0.05, 0) is 6.92 Å². The summed E-state index contributed by atoms with van der Waals surface area (Å²) < 4.78 is 4.53. The summed E-state index contributed by atoms with van der Waals surface area (Å²) in [7, 11) is 0. The zero-order valence-electron chi connectivity index (χ0n) is 7.36. The number of carboxylic acid groups (broad SMARTS) is 1. The Morgan fingerprint density at radius 2 is 1.71 bits per heavy atom. The van der Waals surface area contributed by atoms with Gasteiger partial charge in [-0.3, -0.25) is 0 Å². The van der Waals surface area contributed by atoms with Gasteiger partial charge in [-0.1, -0.05) is 0 Å². The van der Waals surface area contributed by atoms with E-state index in [-0.39, 0.29) is 0 Å². The van der Waals surface area contributed by atoms with Crippen LogP contribution in [-0.4, -0.2) is 61.7 Å². The fourth-order valence-corrected chi connectivity index (χ4v) is 1.25. The van der Waals surface area contributed by atoms with Crippen LogP contribution in [-0.2, 0) is 9.53 Å². The third-order valence-corrected chi connectivity index (χ3v) is 2.32. The van der Waals surface area contributed by atoms with Crippen LogP contribution in [0.3, 0.4) is 0 Å². The number of hydrogen-bond acceptors (Lipinski definition) is 6. The zero-order chi connectivity index (χ0) is 11.1. The van der Waals surface area contributed by atoms with Crippen LogP contribution in [0.25, 0.3) is 0 Å². The van der Waals surface area contributed by atoms with Crippen molar-refractivity contribution in [3.63, 3.8) is 0 Å². The van der Waals surface area contributed by atoms with Crippen molar-refractivity contribution in [1.82, 2.24) is 0 Å². The molecule has 0 radical (unpaired) electrons. The van der Waals surface area contributed by atoms with Crippen molar-refractivity contribution in [3.05, 3.63) is 0 Å². The molecule has 2 unspecified atom stereocenters. The van der Waals surface area contributed by atoms with E-state index >= 15 is 0 Å². The highest BCUT2D eigenvalue weighted by molar-refractivity contribution is 5.78. The van der Waals surface area contributed by atoms with Gasteiger partial charge in [0.2, 0.25) is 0 Å². The number of rotatable bonds is 1. The molecule has 14 heavy (non-hydrogen) atoms. The van der Waals surface area contributed by atoms with Gasteiger partial charge < -0.3 is 30.3 Å². The summed E-state index contributed by atoms with van der Waals surface area (Å²) in [4.78, 5) is 10.7. The highest BCUT2D eigenvalue weighted by atomic mass is 16.7. The standard InChI is InChI=1S/C7H12O7/c1-7(6(12)13)4(10)2(8)3(9)5(11)14-7/h2-5,8-11H,1H3,(H,12,13)/t2-,3?,4-,5-,7?/m0/s1. The predicted octanol–water partition coefficient (Wildman–Crippen LogP) is -2.74. The molecular formula is C7H12O7. The lowest BCUT2D eigenvalue weighted by atomic mass is 9.88. The van der Waals surface area contributed by atoms with Gasteiger partial charge in [-0.25, -0.2) is 4.79 Å². The Kier molecular flexibility index (Phi) is 2.79. The molecule has 1 aliphatic rings. The van der Waals surface area contributed by atoms with Crippen LogP contribution in [0.1, 0.15) is 6.92 Å². The van der Waals surface area contributed by atoms with Crippen molar-refractivity contribution in [2.45, 2.75) is 37.1 Å². The van der Waals surface area contributed by atoms with Crippen molar-refractivity contribution in [3.8, 4) is 0 Å². The van der Waals surface area contributed by atoms with Crippen LogP contribution in [0.2, 0.25) is 0 Å². The quantitative estimate of drug-likeness (QED) is 0.316. The van der Waals surface area contributed by atoms with E-state index in [2.05, 4.69) is 4.74 Å². The first-order chi connectivity index (χ1) is 6.30. The molecule has 0 bridgehead atoms. The second kappa shape index (κ2) is 3.44. The fraction of sp³-hybridized carbons (Fsp3) is 0.857. The summed E-state index contributed by atoms with van der Waals surface area (Å²) in [6.45, 7) is 0.998. The first-order valence-corrected chi connectivity index (χ1v) is 3.94. The molecule has 0 spiro atoms. The van der Waals surface area contributed by atoms with Gasteiger partial charge in [0.15, 0.2) is 11.9 Å². The van der Waals surface area contributed by atoms with E-state index in [9.17, 15) is 15.0 Å². The third-order valence-electron chi connectivity index (χ3n) is 2.32. The Morgan fingerprint density at radius 1 is 1.21 bits per heavy atom. The van der Waals surface area contributed by atoms with Gasteiger partial charge >= 0.3 is 5.97 Å². The molecule has 0 aromatic rings. The summed E-state index contributed by atoms with van der Waals surface area (Å²) in [5.74, 6) is -1.53. The predicted molar refractivity (Wildman–Crippen MR) is 41.2 cm³/mol. The molecule has 1 rings (SSSR count). The topological polar surface area (TPSA) is 127 Å². The number of aliphatic carboxylic acids is 1. The van der Waals surface area contributed by atoms with Crippen molar-refractivity contribution in [2.75, 3.05) is 0 Å². The smallest absolute Gasteiger partial charge is 0.338 e. The molecule has 0 amide bonds. The highest BCUT2D eigenvalue weighted by Crippen LogP contribution is 2.28. The summed E-state index contributed by atoms with van der Waals surface area (Å²) in [5.41, 5.74) is -2.13. The van der Waals surface area contributed by atoms with Gasteiger partial charge in [-0.15, -0.1) is 0 Å². The lowest BCUT2D eigenvalue weighted by Crippen LogP contribution is -2.66. The van der Waals surface area contributed by atoms with Crippen LogP contribution in [0.5, 0.6) is 0 Å². The maximum atomic E-state index is 10.7. The lowest BCUT2D eigenvalue weighted by Gasteiger charge is -2.42. The molecule has 0 saturated carbocycles. The summed E-state index contributed by atoms with van der Waals surface area (Å²) in [6.07, 6.45) is -7.13. The van der Waals surface area contributed by atoms with E-state index in [1.807, 2.05) is 0 Å². The van der Waals surface area contributed by atoms with E-state index in [4.69, 9.17) is 15.3 Å². The summed E-state index contributed by atoms with van der Waals surface area (Å²) >= 11 is 0. The first-order valence-electron chi connectivity index (χ1n) is 3.94. The minimum atomic E-state index is -2.13. The highest BCUT2D eigenvalue weighted by Gasteiger charge is 2.55. The molecule has 1 saturated heterocycles. The van der Waals surface area contributed by atoms with E-state index in [1.54, 1.807) is 0 Å². The van der Waals surface area contributed by atoms with Gasteiger partial charge in [0.25, 0.3) is 0 Å². The maximum Gasteiger partial charge on any atom is 0.338 e. The molecule has 1 heterocycles. The minimum absolute atomic E-state index is 0.998. The average Bonchev–Trinajstić information content (AvgIpc) is 2.11. The number of aliphatic hydroxyl groups is 4. The Balaban J connectivity index is 2.96. The second-order valence-electron chi connectivity index (χ2n) is 3.35. The number of carbonyl (C=O) groups is 1. The van der Waals surface area contributed by atoms with Gasteiger partial charge in [0, 0.05) is 0 Å². The minimum Gasteiger partial charge on any atom is -0.479 e. The number of aliphatic hydroxyl groups excluding tert-OH is 4. The fourth-order valence-electron chi connectivity index (χ4n) is 1.25. The van der Waals surface area contributed by atoms with E-state index in [1.165, 1.54) is 0 Å². The van der Waals surface area contributed by atoms with Crippen LogP contribution in [0.4, 0.5) is 0 Å². The van der Waals surface area contributed by atoms with E-state index in [0.717, 1.165) is 6.92 Å². The van der Waals surface area contributed by atoms with Crippen LogP contribution < -0.4 is 0 Å². The van der Waals surface area contributed by atoms with Crippen molar-refractivity contribution in [2.24, 2.45) is 0 Å². The molecule has 1 aliphatic heterocycles. The molecule has 0 aromatic carbocycles. The Bertz CT molecular complexity index is 242. The summed E-state index contributed by atoms with van der Waals surface area (Å²) in [5, 5.41) is 45.3. The monoisotopic (exact) mass is 208 g/mol. The SMILES string of the molecule is CC1(C(=O)O)O[C@H](O)C(O)[C@H](O)[C@@H]1O. The van der Waals surface area contributed by atoms with Crippen molar-refractivity contribution in [1.29, 1.82) is 0 Å². The Hall–Kier alpha value is -0.730. The maximum absolute atomic E-state index is 10.7. The molecule has 5 N–H and O–H groups in total. The normalized spacial score (nSPS) is 48.9. The van der Waals surface area contributed by atoms with Gasteiger partial charge in [-0.2, -0.15) is 0 Å². The average molecular weight is 208 g/mol. The van der Waals surface area contributed by atoms with Crippen LogP contribution >= 0.6 is 0 Å². The zero-order valence-corrected chi connectivity index (χ0v) is 7.36. The number of ether oxygens (including phenoxy) is 1. The molecule has 7 nitrogen and oxygen atoms in total. The van der Waals surface area contributed by atoms with Crippen molar-refractivity contribution < 1.29 is 35.1 Å². The van der Waals surface area contributed by atoms with Crippen LogP contribution in [0, 0.1) is 0 Å². The van der Waals surface area contributed by atoms with E-state index in [0.29, 0.717) is 0 Å². The molecule has 5 atom stereocenters. The number of carboxylic acids is 1. The van der Waals surface area contributed by atoms with Gasteiger partial charge in [0.1, 0.15) is 18.3 Å². The Labute approximate surface area is 79.2 Å². The van der Waals surface area contributed by atoms with E-state index < -0.39 is 36.2 Å². The Morgan fingerprint density at radius 3 is 2.14 bits per heavy atom. The molecule has 82 valence electrons. The lowest BCUT2D eigenvalue weighted by molar-refractivity contribution is -0.310. The number of hydrogen-bond donors (Lipinski definition) is 5. The second-order valence-corrected chi connectivity index (χ2v) is 3.35.